The molecule has 0 unspecified atom stereocenters. The number of nitrogens with zero attached hydrogens (tertiary/aromatic N) is 2. The molecule has 0 bridgehead atoms. The molecule has 17 heavy (non-hydrogen) atoms. The smallest absolute Gasteiger partial charge is 0.156 e. The zero-order chi connectivity index (χ0) is 11.8. The first-order chi connectivity index (χ1) is 8.25. The molecule has 0 aliphatic rings. The summed E-state index contributed by atoms with van der Waals surface area (Å²) in [5.74, 6) is -0.377. The third kappa shape index (κ3) is 1.68. The van der Waals surface area contributed by atoms with Crippen molar-refractivity contribution < 1.29 is 4.39 Å². The van der Waals surface area contributed by atoms with Gasteiger partial charge in [-0.1, -0.05) is 41.9 Å². The normalized spacial score (nSPS) is 10.9. The van der Waals surface area contributed by atoms with E-state index in [2.05, 4.69) is 4.98 Å². The maximum Gasteiger partial charge on any atom is 0.156 e. The molecule has 0 aliphatic heterocycles. The summed E-state index contributed by atoms with van der Waals surface area (Å²) in [7, 11) is 0. The summed E-state index contributed by atoms with van der Waals surface area (Å²) in [6, 6.07) is 10.9. The van der Waals surface area contributed by atoms with Crippen molar-refractivity contribution in [2.24, 2.45) is 0 Å². The van der Waals surface area contributed by atoms with Gasteiger partial charge < -0.3 is 0 Å². The first-order valence-corrected chi connectivity index (χ1v) is 5.51. The summed E-state index contributed by atoms with van der Waals surface area (Å²) in [5, 5.41) is 0.312. The second-order valence-electron chi connectivity index (χ2n) is 3.71. The molecular weight excluding hydrogens is 239 g/mol. The van der Waals surface area contributed by atoms with Gasteiger partial charge in [-0.3, -0.25) is 4.40 Å². The first-order valence-electron chi connectivity index (χ1n) is 5.13. The van der Waals surface area contributed by atoms with Gasteiger partial charge in [0.05, 0.1) is 16.9 Å². The molecule has 4 heteroatoms. The van der Waals surface area contributed by atoms with Crippen molar-refractivity contribution in [3.63, 3.8) is 0 Å². The summed E-state index contributed by atoms with van der Waals surface area (Å²) in [6.07, 6.45) is 3.08. The Balaban J connectivity index is 2.32. The van der Waals surface area contributed by atoms with E-state index in [1.165, 1.54) is 12.3 Å². The predicted octanol–water partition coefficient (Wildman–Crippen LogP) is 3.79. The molecule has 0 radical (unpaired) electrons. The van der Waals surface area contributed by atoms with Crippen LogP contribution >= 0.6 is 11.6 Å². The molecule has 0 aliphatic carbocycles. The topological polar surface area (TPSA) is 17.3 Å². The molecule has 2 heterocycles. The number of fused-ring (bicyclic) bond motifs is 1. The third-order valence-electron chi connectivity index (χ3n) is 2.60. The van der Waals surface area contributed by atoms with Crippen molar-refractivity contribution in [2.45, 2.75) is 0 Å². The summed E-state index contributed by atoms with van der Waals surface area (Å²) in [5.41, 5.74) is 2.36. The molecule has 3 aromatic rings. The highest BCUT2D eigenvalue weighted by molar-refractivity contribution is 6.33. The number of hydrogen-bond donors (Lipinski definition) is 0. The van der Waals surface area contributed by atoms with Crippen molar-refractivity contribution in [3.05, 3.63) is 59.6 Å². The van der Waals surface area contributed by atoms with E-state index in [-0.39, 0.29) is 5.82 Å². The van der Waals surface area contributed by atoms with E-state index in [9.17, 15) is 4.39 Å². The van der Waals surface area contributed by atoms with Crippen molar-refractivity contribution in [1.82, 2.24) is 9.38 Å². The number of aromatic nitrogens is 2. The molecule has 0 amide bonds. The predicted molar refractivity (Wildman–Crippen MR) is 65.6 cm³/mol. The largest absolute Gasteiger partial charge is 0.295 e. The van der Waals surface area contributed by atoms with Crippen LogP contribution in [-0.2, 0) is 0 Å². The van der Waals surface area contributed by atoms with E-state index in [0.717, 1.165) is 11.3 Å². The van der Waals surface area contributed by atoms with Crippen molar-refractivity contribution in [3.8, 4) is 11.3 Å². The fourth-order valence-electron chi connectivity index (χ4n) is 1.84. The summed E-state index contributed by atoms with van der Waals surface area (Å²) < 4.78 is 15.0. The average Bonchev–Trinajstić information content (AvgIpc) is 2.74. The van der Waals surface area contributed by atoms with Crippen LogP contribution in [0.25, 0.3) is 16.9 Å². The van der Waals surface area contributed by atoms with Gasteiger partial charge in [0.1, 0.15) is 5.82 Å². The van der Waals surface area contributed by atoms with Crippen LogP contribution < -0.4 is 0 Å². The van der Waals surface area contributed by atoms with Gasteiger partial charge >= 0.3 is 0 Å². The van der Waals surface area contributed by atoms with Gasteiger partial charge in [0.2, 0.25) is 0 Å². The molecule has 2 aromatic heterocycles. The van der Waals surface area contributed by atoms with E-state index in [4.69, 9.17) is 11.6 Å². The Kier molecular flexibility index (Phi) is 2.34. The molecule has 0 N–H and O–H groups in total. The highest BCUT2D eigenvalue weighted by atomic mass is 35.5. The van der Waals surface area contributed by atoms with Crippen LogP contribution in [0.4, 0.5) is 4.39 Å². The van der Waals surface area contributed by atoms with Crippen LogP contribution in [0.5, 0.6) is 0 Å². The van der Waals surface area contributed by atoms with Crippen LogP contribution in [0, 0.1) is 5.82 Å². The molecule has 3 rings (SSSR count). The van der Waals surface area contributed by atoms with Gasteiger partial charge in [0, 0.05) is 11.8 Å². The number of imidazole rings is 1. The van der Waals surface area contributed by atoms with Crippen molar-refractivity contribution in [1.29, 1.82) is 0 Å². The minimum Gasteiger partial charge on any atom is -0.295 e. The lowest BCUT2D eigenvalue weighted by molar-refractivity contribution is 0.619. The van der Waals surface area contributed by atoms with Crippen LogP contribution in [0.3, 0.4) is 0 Å². The molecule has 1 aromatic carbocycles. The highest BCUT2D eigenvalue weighted by Crippen LogP contribution is 2.25. The second-order valence-corrected chi connectivity index (χ2v) is 4.12. The Labute approximate surface area is 102 Å². The fourth-order valence-corrected chi connectivity index (χ4v) is 2.08. The van der Waals surface area contributed by atoms with Gasteiger partial charge in [0.15, 0.2) is 5.65 Å². The molecule has 0 fully saturated rings. The van der Waals surface area contributed by atoms with E-state index < -0.39 is 0 Å². The number of rotatable bonds is 1. The zero-order valence-electron chi connectivity index (χ0n) is 8.77. The van der Waals surface area contributed by atoms with Crippen molar-refractivity contribution in [2.75, 3.05) is 0 Å². The van der Waals surface area contributed by atoms with Gasteiger partial charge in [0.25, 0.3) is 0 Å². The Morgan fingerprint density at radius 3 is 2.71 bits per heavy atom. The van der Waals surface area contributed by atoms with Crippen molar-refractivity contribution >= 4 is 17.2 Å². The SMILES string of the molecule is Fc1cc(Cl)c2ncc(-c3ccccc3)n2c1. The minimum atomic E-state index is -0.377. The Hall–Kier alpha value is -1.87. The van der Waals surface area contributed by atoms with Gasteiger partial charge in [-0.25, -0.2) is 9.37 Å². The average molecular weight is 247 g/mol. The fraction of sp³-hybridized carbons (Fsp3) is 0. The van der Waals surface area contributed by atoms with Gasteiger partial charge in [-0.2, -0.15) is 0 Å². The van der Waals surface area contributed by atoms with Crippen LogP contribution in [-0.4, -0.2) is 9.38 Å². The summed E-state index contributed by atoms with van der Waals surface area (Å²) >= 11 is 5.94. The zero-order valence-corrected chi connectivity index (χ0v) is 9.53. The third-order valence-corrected chi connectivity index (χ3v) is 2.88. The molecule has 0 saturated heterocycles. The molecule has 2 nitrogen and oxygen atoms in total. The maximum absolute atomic E-state index is 13.3. The lowest BCUT2D eigenvalue weighted by Crippen LogP contribution is -1.90. The summed E-state index contributed by atoms with van der Waals surface area (Å²) in [4.78, 5) is 4.20. The minimum absolute atomic E-state index is 0.312. The Bertz CT molecular complexity index is 676. The lowest BCUT2D eigenvalue weighted by Gasteiger charge is -2.02. The van der Waals surface area contributed by atoms with Crippen LogP contribution in [0.15, 0.2) is 48.8 Å². The standard InChI is InChI=1S/C13H8ClFN2/c14-11-6-10(15)8-17-12(7-16-13(11)17)9-4-2-1-3-5-9/h1-8H. The monoisotopic (exact) mass is 246 g/mol. The molecule has 0 atom stereocenters. The highest BCUT2D eigenvalue weighted by Gasteiger charge is 2.09. The Morgan fingerprint density at radius 1 is 1.18 bits per heavy atom. The number of halogens is 2. The maximum atomic E-state index is 13.3. The second kappa shape index (κ2) is 3.86. The van der Waals surface area contributed by atoms with Gasteiger partial charge in [-0.05, 0) is 6.07 Å². The van der Waals surface area contributed by atoms with E-state index in [1.54, 1.807) is 10.6 Å². The molecule has 0 saturated carbocycles. The van der Waals surface area contributed by atoms with Crippen LogP contribution in [0.2, 0.25) is 5.02 Å². The van der Waals surface area contributed by atoms with E-state index in [0.29, 0.717) is 10.7 Å². The quantitative estimate of drug-likeness (QED) is 0.639. The first kappa shape index (κ1) is 10.3. The number of benzene rings is 1. The summed E-state index contributed by atoms with van der Waals surface area (Å²) in [6.45, 7) is 0. The van der Waals surface area contributed by atoms with E-state index >= 15 is 0 Å². The van der Waals surface area contributed by atoms with Gasteiger partial charge in [-0.15, -0.1) is 0 Å². The molecule has 84 valence electrons. The molecular formula is C13H8ClFN2. The Morgan fingerprint density at radius 2 is 1.94 bits per heavy atom. The molecule has 0 spiro atoms. The van der Waals surface area contributed by atoms with E-state index in [1.807, 2.05) is 30.3 Å². The number of pyridine rings is 1. The number of hydrogen-bond acceptors (Lipinski definition) is 1. The van der Waals surface area contributed by atoms with Crippen LogP contribution in [0.1, 0.15) is 0 Å². The lowest BCUT2D eigenvalue weighted by atomic mass is 10.2.